The van der Waals surface area contributed by atoms with Gasteiger partial charge in [0.05, 0.1) is 91.0 Å². The molecule has 4 amide bonds. The van der Waals surface area contributed by atoms with Crippen LogP contribution in [0, 0.1) is 6.57 Å². The molecule has 0 bridgehead atoms. The van der Waals surface area contributed by atoms with Gasteiger partial charge in [0.15, 0.2) is 124 Å². The normalized spacial score (nSPS) is 28.2. The summed E-state index contributed by atoms with van der Waals surface area (Å²) in [6.45, 7) is 7.58. The van der Waals surface area contributed by atoms with Crippen molar-refractivity contribution in [2.75, 3.05) is 100 Å². The monoisotopic (exact) mass is 2060 g/mol. The van der Waals surface area contributed by atoms with Crippen molar-refractivity contribution in [3.8, 4) is 0 Å². The highest BCUT2D eigenvalue weighted by Gasteiger charge is 2.57. The van der Waals surface area contributed by atoms with Crippen LogP contribution in [0.25, 0.3) is 49.5 Å². The molecular formula is C83H94F4N23O20P4S4+. The number of aromatic nitrogens is 16. The molecule has 6 aliphatic rings. The first-order valence-corrected chi connectivity index (χ1v) is 53.6. The fourth-order valence-electron chi connectivity index (χ4n) is 15.5. The molecule has 6 aliphatic heterocycles. The molecule has 138 heavy (non-hydrogen) atoms. The number of hydrogen-bond donors (Lipinski definition) is 8. The van der Waals surface area contributed by atoms with Gasteiger partial charge in [-0.15, -0.1) is 0 Å². The first kappa shape index (κ1) is 102. The largest absolute Gasteiger partial charge is 0.660 e. The Balaban J connectivity index is 0.000000184. The van der Waals surface area contributed by atoms with Crippen LogP contribution in [0.2, 0.25) is 0 Å². The van der Waals surface area contributed by atoms with Gasteiger partial charge in [0, 0.05) is 22.3 Å². The second kappa shape index (κ2) is 45.7. The number of nitrogens with zero attached hydrogens (tertiary/aromatic N) is 17. The van der Waals surface area contributed by atoms with E-state index in [1.54, 1.807) is 131 Å². The molecule has 4 unspecified atom stereocenters. The standard InChI is InChI=1S/C37H33F2N11O10P2S2.C34H30F2N10O10P2S2.2C6H15N/c1-40-12-13-54-62(64)56-15-23-28(24(38)36(58-23)49-18-45-26-30(41-16-43-32(26)49)47-34(51)20-8-4-2-5-9-20)59-61(53,63)55-14-22-29(60-62)25(39)37(57-22)50-19-46-27-31(42-17-44-33(27)50)48-35(52)21-10-6-3-7-11-21;35-21-25-19(53-33(21)45-15-41-23-27(37-13-39-29(23)45)43-31(47)17-7-3-1-4-8-17)11-51-58(50,60)56-26-20(12-52-57(49,59)55-25)54-34(22(26)36)46-16-42-24-28(38-14-40-30(24)46)44-32(48)18-9-5-2-6-10-18;2*1-4-7(5-2)6-3/h2-11,16-19,22-25,28-29,36-37H,12-15H2,(H,53,63)(H,41,43,47,51)(H,42,44,48,52);1-10,13-16,19-22,25-26,33-34H,11-12H2,(H,49,59)(H,50,60)(H,37,39,43,47)(H,38,40,44,48);2*4-6H2,1-3H3/p+1/t22-,23-,24-,25-,28-,29-,36-,37-,61?,62?;19-,20-,21-,22-,25-,26-,33-,34-,57?,58?;;/m11../s1. The molecule has 12 aromatic rings. The highest BCUT2D eigenvalue weighted by Crippen LogP contribution is 2.59. The van der Waals surface area contributed by atoms with Crippen LogP contribution in [0.4, 0.5) is 40.8 Å². The lowest BCUT2D eigenvalue weighted by atomic mass is 10.1. The van der Waals surface area contributed by atoms with Crippen molar-refractivity contribution in [3.05, 3.63) is 206 Å². The van der Waals surface area contributed by atoms with Crippen LogP contribution in [0.15, 0.2) is 172 Å². The molecule has 6 saturated heterocycles. The number of amides is 4. The van der Waals surface area contributed by atoms with Gasteiger partial charge in [-0.3, -0.25) is 55.6 Å². The van der Waals surface area contributed by atoms with Crippen molar-refractivity contribution in [1.82, 2.24) is 78.1 Å². The van der Waals surface area contributed by atoms with E-state index in [9.17, 15) is 33.5 Å². The fourth-order valence-corrected chi connectivity index (χ4v) is 21.8. The number of alkyl halides is 4. The number of ether oxygens (including phenoxy) is 4. The van der Waals surface area contributed by atoms with Gasteiger partial charge in [0.1, 0.15) is 80.7 Å². The van der Waals surface area contributed by atoms with Gasteiger partial charge < -0.3 is 104 Å². The second-order valence-corrected chi connectivity index (χ2v) is 42.4. The summed E-state index contributed by atoms with van der Waals surface area (Å²) in [5, 5.41) is 10.7. The zero-order valence-electron chi connectivity index (χ0n) is 74.2. The van der Waals surface area contributed by atoms with E-state index in [0.29, 0.717) is 22.3 Å². The van der Waals surface area contributed by atoms with Gasteiger partial charge in [0.2, 0.25) is 6.54 Å². The minimum atomic E-state index is -4.62. The maximum Gasteiger partial charge on any atom is 0.328 e. The summed E-state index contributed by atoms with van der Waals surface area (Å²) in [6.07, 6.45) is -17.6. The quantitative estimate of drug-likeness (QED) is 0.0109. The Kier molecular flexibility index (Phi) is 33.9. The lowest BCUT2D eigenvalue weighted by Gasteiger charge is -2.33. The van der Waals surface area contributed by atoms with Crippen molar-refractivity contribution < 1.29 is 121 Å². The van der Waals surface area contributed by atoms with Crippen LogP contribution in [0.1, 0.15) is 108 Å². The zero-order chi connectivity index (χ0) is 97.7. The molecule has 0 aliphatic carbocycles. The SMILES string of the molecule is CC[NH+](CC)CC.CC[NH+](CC)CC.O=C(Nc1ncnc2c1ncn2[C@@H]1O[C@@H]2COP(O)(=S)O[C@H]3[C@@H](F)[C@H](n4cnc5c(NC(=O)c6ccccc6)ncnc54)O[C@@H]3COP(=O)([S-])O[C@H]2[C@H]1F)c1ccccc1.[C-]#[N+]CCOP1(=S)OC[C@H]2O[C@@H](n3cnc4c(NC(=O)c5ccccc5)ncnc43)[C@H](F)[C@@H]2OP(O)(=S)OC[C@H]2O[C@@H](n3cnc4c(NC(=O)c5ccccc5)ncnc43)[C@H](F)[C@@H]2O1. The third kappa shape index (κ3) is 23.7. The van der Waals surface area contributed by atoms with Crippen LogP contribution in [-0.2, 0) is 112 Å². The second-order valence-electron chi connectivity index (χ2n) is 31.1. The van der Waals surface area contributed by atoms with Crippen LogP contribution in [0.3, 0.4) is 0 Å². The molecule has 43 nitrogen and oxygen atoms in total. The first-order chi connectivity index (χ1) is 66.5. The zero-order valence-corrected chi connectivity index (χ0v) is 81.0. The van der Waals surface area contributed by atoms with Crippen molar-refractivity contribution in [2.45, 2.75) is 140 Å². The summed E-state index contributed by atoms with van der Waals surface area (Å²) in [6, 6.07) is 33.4. The maximum absolute atomic E-state index is 16.9. The highest BCUT2D eigenvalue weighted by atomic mass is 32.7. The van der Waals surface area contributed by atoms with Gasteiger partial charge in [-0.1, -0.05) is 72.8 Å². The summed E-state index contributed by atoms with van der Waals surface area (Å²) in [4.78, 5) is 131. The van der Waals surface area contributed by atoms with Crippen molar-refractivity contribution in [1.29, 1.82) is 0 Å². The summed E-state index contributed by atoms with van der Waals surface area (Å²) >= 11 is 21.5. The lowest BCUT2D eigenvalue weighted by molar-refractivity contribution is -0.894. The molecule has 18 rings (SSSR count). The van der Waals surface area contributed by atoms with Crippen LogP contribution >= 0.6 is 27.0 Å². The smallest absolute Gasteiger partial charge is 0.328 e. The Morgan fingerprint density at radius 1 is 0.420 bits per heavy atom. The Morgan fingerprint density at radius 2 is 0.681 bits per heavy atom. The molecule has 8 N–H and O–H groups in total. The van der Waals surface area contributed by atoms with Gasteiger partial charge in [-0.05, 0) is 125 Å². The molecule has 4 aromatic carbocycles. The summed E-state index contributed by atoms with van der Waals surface area (Å²) in [7, 11) is 0. The molecule has 6 fully saturated rings. The number of imidazole rings is 4. The Bertz CT molecular complexity index is 6320. The van der Waals surface area contributed by atoms with E-state index in [4.69, 9.17) is 114 Å². The maximum atomic E-state index is 16.9. The van der Waals surface area contributed by atoms with E-state index < -0.39 is 175 Å². The van der Waals surface area contributed by atoms with Crippen LogP contribution in [-0.4, -0.2) is 264 Å². The number of carbonyl (C=O) groups excluding carboxylic acids is 4. The molecule has 0 spiro atoms. The average Bonchev–Trinajstić information content (AvgIpc) is 1.61. The van der Waals surface area contributed by atoms with Crippen molar-refractivity contribution >= 4 is 166 Å². The van der Waals surface area contributed by atoms with Crippen LogP contribution < -0.4 is 31.1 Å². The predicted octanol–water partition coefficient (Wildman–Crippen LogP) is 9.03. The topological polar surface area (TPSA) is 482 Å². The molecule has 14 heterocycles. The molecule has 8 aromatic heterocycles. The molecule has 55 heteroatoms. The molecule has 0 radical (unpaired) electrons. The molecular weight excluding hydrogens is 1970 g/mol. The molecule has 20 atom stereocenters. The third-order valence-corrected chi connectivity index (χ3v) is 29.7. The summed E-state index contributed by atoms with van der Waals surface area (Å²) in [5.74, 6) is -1.77. The van der Waals surface area contributed by atoms with Gasteiger partial charge in [-0.2, -0.15) is 0 Å². The lowest BCUT2D eigenvalue weighted by Crippen LogP contribution is -3.11. The number of nitrogens with one attached hydrogen (secondary N) is 6. The van der Waals surface area contributed by atoms with Gasteiger partial charge >= 0.3 is 20.2 Å². The first-order valence-electron chi connectivity index (χ1n) is 43.3. The average molecular weight is 2060 g/mol. The Hall–Kier alpha value is -9.98. The molecule has 0 saturated carbocycles. The summed E-state index contributed by atoms with van der Waals surface area (Å²) < 4.78 is 161. The van der Waals surface area contributed by atoms with E-state index in [1.165, 1.54) is 82.8 Å². The van der Waals surface area contributed by atoms with E-state index >= 15 is 17.6 Å². The Labute approximate surface area is 805 Å². The van der Waals surface area contributed by atoms with E-state index in [1.807, 2.05) is 0 Å². The molecule has 732 valence electrons. The fraction of sp³-hybridized carbons (Fsp3) is 0.410. The van der Waals surface area contributed by atoms with Gasteiger partial charge in [0.25, 0.3) is 23.6 Å². The number of rotatable bonds is 21. The van der Waals surface area contributed by atoms with E-state index in [-0.39, 0.29) is 81.1 Å². The van der Waals surface area contributed by atoms with E-state index in [2.05, 4.69) is 127 Å². The minimum Gasteiger partial charge on any atom is -0.660 e. The third-order valence-electron chi connectivity index (χ3n) is 22.7. The Morgan fingerprint density at radius 3 is 0.949 bits per heavy atom. The van der Waals surface area contributed by atoms with Crippen molar-refractivity contribution in [3.63, 3.8) is 0 Å². The minimum absolute atomic E-state index is 0.0291. The number of halogens is 4. The van der Waals surface area contributed by atoms with E-state index in [0.717, 1.165) is 25.3 Å². The van der Waals surface area contributed by atoms with Crippen molar-refractivity contribution in [2.24, 2.45) is 0 Å². The number of carbonyl (C=O) groups is 4. The van der Waals surface area contributed by atoms with Gasteiger partial charge in [-0.25, -0.2) is 83.9 Å². The number of anilines is 4. The number of hydrogen-bond acceptors (Lipinski definition) is 34. The van der Waals surface area contributed by atoms with Crippen LogP contribution in [0.5, 0.6) is 0 Å². The number of benzene rings is 4. The summed E-state index contributed by atoms with van der Waals surface area (Å²) in [5.41, 5.74) is 2.05. The highest BCUT2D eigenvalue weighted by molar-refractivity contribution is 8.32. The predicted molar refractivity (Wildman–Crippen MR) is 502 cm³/mol. The number of fused-ring (bicyclic) bond motifs is 8. The number of quaternary nitrogens is 2.